The van der Waals surface area contributed by atoms with Gasteiger partial charge >= 0.3 is 6.09 Å². The topological polar surface area (TPSA) is 126 Å². The molecule has 0 bridgehead atoms. The van der Waals surface area contributed by atoms with Crippen LogP contribution in [0.15, 0.2) is 36.4 Å². The summed E-state index contributed by atoms with van der Waals surface area (Å²) >= 11 is 0. The Morgan fingerprint density at radius 2 is 1.62 bits per heavy atom. The number of carbonyl (C=O) groups excluding carboxylic acids is 4. The number of alkyl carbamates (subject to hydrolysis) is 1. The number of ether oxygens (including phenoxy) is 1. The van der Waals surface area contributed by atoms with Crippen LogP contribution in [0.25, 0.3) is 11.1 Å². The molecule has 9 heteroatoms. The minimum atomic E-state index is -0.542. The predicted octanol–water partition coefficient (Wildman–Crippen LogP) is 3.93. The van der Waals surface area contributed by atoms with Crippen molar-refractivity contribution in [2.45, 2.75) is 51.9 Å². The molecular weight excluding hydrogens is 472 g/mol. The summed E-state index contributed by atoms with van der Waals surface area (Å²) in [5.74, 6) is -0.683. The van der Waals surface area contributed by atoms with Crippen LogP contribution < -0.4 is 21.3 Å². The Balaban J connectivity index is 1.82. The summed E-state index contributed by atoms with van der Waals surface area (Å²) in [7, 11) is 1.50. The SMILES string of the molecule is CCCNC(=O)CCCC(=O)Nc1ccc2c(c1)C(COC(=O)NC)c1cccc(C(=O)NCCC)c1-2. The van der Waals surface area contributed by atoms with Gasteiger partial charge in [0.05, 0.1) is 0 Å². The highest BCUT2D eigenvalue weighted by Crippen LogP contribution is 2.47. The third kappa shape index (κ3) is 7.09. The van der Waals surface area contributed by atoms with E-state index in [0.717, 1.165) is 35.1 Å². The fourth-order valence-corrected chi connectivity index (χ4v) is 4.40. The van der Waals surface area contributed by atoms with Gasteiger partial charge in [0, 0.05) is 50.1 Å². The van der Waals surface area contributed by atoms with Gasteiger partial charge in [-0.25, -0.2) is 4.79 Å². The molecule has 4 amide bonds. The number of carbonyl (C=O) groups is 4. The Morgan fingerprint density at radius 3 is 2.35 bits per heavy atom. The summed E-state index contributed by atoms with van der Waals surface area (Å²) in [6.45, 7) is 5.28. The first-order valence-corrected chi connectivity index (χ1v) is 12.9. The first kappa shape index (κ1) is 27.7. The Morgan fingerprint density at radius 1 is 0.892 bits per heavy atom. The second-order valence-corrected chi connectivity index (χ2v) is 8.98. The fraction of sp³-hybridized carbons (Fsp3) is 0.429. The van der Waals surface area contributed by atoms with E-state index in [1.54, 1.807) is 12.1 Å². The van der Waals surface area contributed by atoms with Gasteiger partial charge in [-0.05, 0) is 59.7 Å². The molecule has 0 radical (unpaired) electrons. The summed E-state index contributed by atoms with van der Waals surface area (Å²) in [4.78, 5) is 49.0. The molecule has 198 valence electrons. The minimum Gasteiger partial charge on any atom is -0.449 e. The molecule has 0 heterocycles. The summed E-state index contributed by atoms with van der Waals surface area (Å²) in [5.41, 5.74) is 4.61. The maximum atomic E-state index is 12.9. The maximum absolute atomic E-state index is 12.9. The summed E-state index contributed by atoms with van der Waals surface area (Å²) in [6.07, 6.45) is 2.13. The van der Waals surface area contributed by atoms with Crippen LogP contribution in [0.3, 0.4) is 0 Å². The highest BCUT2D eigenvalue weighted by atomic mass is 16.5. The molecule has 1 atom stereocenters. The molecule has 0 saturated carbocycles. The Kier molecular flexibility index (Phi) is 10.1. The third-order valence-corrected chi connectivity index (χ3v) is 6.20. The van der Waals surface area contributed by atoms with Crippen molar-refractivity contribution in [2.75, 3.05) is 32.1 Å². The number of hydrogen-bond acceptors (Lipinski definition) is 5. The second kappa shape index (κ2) is 13.4. The number of hydrogen-bond donors (Lipinski definition) is 4. The quantitative estimate of drug-likeness (QED) is 0.346. The van der Waals surface area contributed by atoms with Crippen molar-refractivity contribution >= 4 is 29.5 Å². The number of benzene rings is 2. The maximum Gasteiger partial charge on any atom is 0.406 e. The second-order valence-electron chi connectivity index (χ2n) is 8.98. The van der Waals surface area contributed by atoms with Crippen LogP contribution in [-0.4, -0.2) is 50.6 Å². The smallest absolute Gasteiger partial charge is 0.406 e. The van der Waals surface area contributed by atoms with E-state index < -0.39 is 6.09 Å². The van der Waals surface area contributed by atoms with E-state index >= 15 is 0 Å². The van der Waals surface area contributed by atoms with Crippen molar-refractivity contribution < 1.29 is 23.9 Å². The molecule has 0 fully saturated rings. The van der Waals surface area contributed by atoms with Crippen LogP contribution in [0.2, 0.25) is 0 Å². The van der Waals surface area contributed by atoms with Gasteiger partial charge in [-0.2, -0.15) is 0 Å². The molecule has 0 spiro atoms. The van der Waals surface area contributed by atoms with Gasteiger partial charge in [0.1, 0.15) is 6.61 Å². The fourth-order valence-electron chi connectivity index (χ4n) is 4.40. The van der Waals surface area contributed by atoms with E-state index in [1.807, 2.05) is 38.1 Å². The van der Waals surface area contributed by atoms with Crippen molar-refractivity contribution in [1.82, 2.24) is 16.0 Å². The van der Waals surface area contributed by atoms with Gasteiger partial charge < -0.3 is 26.0 Å². The molecule has 2 aromatic carbocycles. The van der Waals surface area contributed by atoms with Crippen molar-refractivity contribution in [3.63, 3.8) is 0 Å². The molecule has 0 aliphatic heterocycles. The summed E-state index contributed by atoms with van der Waals surface area (Å²) in [6, 6.07) is 11.1. The molecule has 4 N–H and O–H groups in total. The lowest BCUT2D eigenvalue weighted by Gasteiger charge is -2.15. The van der Waals surface area contributed by atoms with Crippen LogP contribution in [0, 0.1) is 0 Å². The van der Waals surface area contributed by atoms with Crippen LogP contribution in [0.5, 0.6) is 0 Å². The standard InChI is InChI=1S/C28H36N4O5/c1-4-14-30-24(33)10-7-11-25(34)32-18-12-13-20-22(16-18)23(17-37-28(36)29-3)19-8-6-9-21(26(19)20)27(35)31-15-5-2/h6,8-9,12-13,16,23H,4-5,7,10-11,14-15,17H2,1-3H3,(H,29,36)(H,30,33)(H,31,35)(H,32,34). The predicted molar refractivity (Wildman–Crippen MR) is 143 cm³/mol. The van der Waals surface area contributed by atoms with Gasteiger partial charge in [0.2, 0.25) is 11.8 Å². The monoisotopic (exact) mass is 508 g/mol. The third-order valence-electron chi connectivity index (χ3n) is 6.20. The van der Waals surface area contributed by atoms with E-state index in [2.05, 4.69) is 21.3 Å². The highest BCUT2D eigenvalue weighted by Gasteiger charge is 2.33. The lowest BCUT2D eigenvalue weighted by molar-refractivity contribution is -0.121. The highest BCUT2D eigenvalue weighted by molar-refractivity contribution is 6.04. The van der Waals surface area contributed by atoms with E-state index in [0.29, 0.717) is 37.2 Å². The lowest BCUT2D eigenvalue weighted by atomic mass is 9.96. The van der Waals surface area contributed by atoms with Crippen LogP contribution in [0.4, 0.5) is 10.5 Å². The van der Waals surface area contributed by atoms with Crippen LogP contribution in [0.1, 0.15) is 73.4 Å². The van der Waals surface area contributed by atoms with E-state index in [9.17, 15) is 19.2 Å². The number of amides is 4. The molecule has 0 aromatic heterocycles. The molecule has 2 aromatic rings. The first-order chi connectivity index (χ1) is 17.9. The average molecular weight is 509 g/mol. The zero-order valence-corrected chi connectivity index (χ0v) is 21.7. The largest absolute Gasteiger partial charge is 0.449 e. The molecule has 9 nitrogen and oxygen atoms in total. The Labute approximate surface area is 217 Å². The number of anilines is 1. The lowest BCUT2D eigenvalue weighted by Crippen LogP contribution is -2.24. The molecule has 0 saturated heterocycles. The van der Waals surface area contributed by atoms with Crippen molar-refractivity contribution in [3.8, 4) is 11.1 Å². The molecular formula is C28H36N4O5. The van der Waals surface area contributed by atoms with Crippen LogP contribution in [-0.2, 0) is 14.3 Å². The zero-order chi connectivity index (χ0) is 26.8. The first-order valence-electron chi connectivity index (χ1n) is 12.9. The van der Waals surface area contributed by atoms with Crippen molar-refractivity contribution in [1.29, 1.82) is 0 Å². The Hall–Kier alpha value is -3.88. The summed E-state index contributed by atoms with van der Waals surface area (Å²) in [5, 5.41) is 11.1. The van der Waals surface area contributed by atoms with E-state index in [-0.39, 0.29) is 36.7 Å². The van der Waals surface area contributed by atoms with Crippen molar-refractivity contribution in [3.05, 3.63) is 53.1 Å². The number of nitrogens with one attached hydrogen (secondary N) is 4. The summed E-state index contributed by atoms with van der Waals surface area (Å²) < 4.78 is 5.40. The van der Waals surface area contributed by atoms with Gasteiger partial charge in [-0.1, -0.05) is 32.0 Å². The van der Waals surface area contributed by atoms with Gasteiger partial charge in [0.25, 0.3) is 5.91 Å². The number of rotatable bonds is 12. The molecule has 1 aliphatic carbocycles. The molecule has 3 rings (SSSR count). The number of fused-ring (bicyclic) bond motifs is 3. The Bertz CT molecular complexity index is 1150. The molecule has 1 unspecified atom stereocenters. The van der Waals surface area contributed by atoms with Crippen LogP contribution >= 0.6 is 0 Å². The molecule has 1 aliphatic rings. The van der Waals surface area contributed by atoms with Gasteiger partial charge in [-0.3, -0.25) is 14.4 Å². The minimum absolute atomic E-state index is 0.0531. The normalized spacial score (nSPS) is 13.2. The van der Waals surface area contributed by atoms with Crippen molar-refractivity contribution in [2.24, 2.45) is 0 Å². The van der Waals surface area contributed by atoms with E-state index in [4.69, 9.17) is 4.74 Å². The average Bonchev–Trinajstić information content (AvgIpc) is 3.21. The zero-order valence-electron chi connectivity index (χ0n) is 21.7. The van der Waals surface area contributed by atoms with Gasteiger partial charge in [-0.15, -0.1) is 0 Å². The van der Waals surface area contributed by atoms with Gasteiger partial charge in [0.15, 0.2) is 0 Å². The molecule has 37 heavy (non-hydrogen) atoms. The van der Waals surface area contributed by atoms with E-state index in [1.165, 1.54) is 7.05 Å².